The average molecular weight is 348 g/mol. The minimum absolute atomic E-state index is 0.0670. The topological polar surface area (TPSA) is 36.8 Å². The molecule has 0 saturated carbocycles. The van der Waals surface area contributed by atoms with Crippen molar-refractivity contribution in [2.75, 3.05) is 37.6 Å². The molecular weight excluding hydrogens is 325 g/mol. The van der Waals surface area contributed by atoms with E-state index in [1.54, 1.807) is 11.3 Å². The molecule has 6 heteroatoms. The molecule has 24 heavy (non-hydrogen) atoms. The van der Waals surface area contributed by atoms with E-state index in [0.29, 0.717) is 6.54 Å². The van der Waals surface area contributed by atoms with Gasteiger partial charge in [-0.2, -0.15) is 0 Å². The average Bonchev–Trinajstić information content (AvgIpc) is 3.11. The summed E-state index contributed by atoms with van der Waals surface area (Å²) in [6.07, 6.45) is 0. The number of nitrogens with one attached hydrogen (secondary N) is 2. The lowest BCUT2D eigenvalue weighted by molar-refractivity contribution is -0.892. The third-order valence-corrected chi connectivity index (χ3v) is 5.48. The van der Waals surface area contributed by atoms with E-state index in [1.165, 1.54) is 21.9 Å². The molecule has 1 saturated heterocycles. The molecular formula is C18H23FN3OS+. The third-order valence-electron chi connectivity index (χ3n) is 4.42. The molecule has 2 aromatic rings. The number of halogens is 1. The molecule has 1 aliphatic heterocycles. The van der Waals surface area contributed by atoms with Gasteiger partial charge in [0.05, 0.1) is 32.2 Å². The van der Waals surface area contributed by atoms with Gasteiger partial charge in [0.2, 0.25) is 0 Å². The first-order valence-corrected chi connectivity index (χ1v) is 9.16. The Balaban J connectivity index is 1.45. The van der Waals surface area contributed by atoms with Gasteiger partial charge < -0.3 is 15.1 Å². The summed E-state index contributed by atoms with van der Waals surface area (Å²) >= 11 is 1.66. The van der Waals surface area contributed by atoms with Crippen LogP contribution in [0.2, 0.25) is 0 Å². The summed E-state index contributed by atoms with van der Waals surface area (Å²) < 4.78 is 13.0. The van der Waals surface area contributed by atoms with E-state index < -0.39 is 0 Å². The highest BCUT2D eigenvalue weighted by Gasteiger charge is 2.23. The van der Waals surface area contributed by atoms with Gasteiger partial charge in [0.15, 0.2) is 6.54 Å². The lowest BCUT2D eigenvalue weighted by atomic mass is 10.2. The molecule has 0 bridgehead atoms. The van der Waals surface area contributed by atoms with Gasteiger partial charge in [-0.25, -0.2) is 4.39 Å². The predicted molar refractivity (Wildman–Crippen MR) is 95.1 cm³/mol. The van der Waals surface area contributed by atoms with Gasteiger partial charge in [-0.1, -0.05) is 6.07 Å². The summed E-state index contributed by atoms with van der Waals surface area (Å²) in [5.41, 5.74) is 1.05. The number of hydrogen-bond acceptors (Lipinski definition) is 3. The van der Waals surface area contributed by atoms with E-state index >= 15 is 0 Å². The molecule has 1 amide bonds. The number of nitrogens with zero attached hydrogens (tertiary/aromatic N) is 1. The summed E-state index contributed by atoms with van der Waals surface area (Å²) in [6, 6.07) is 10.7. The van der Waals surface area contributed by atoms with Gasteiger partial charge in [-0.05, 0) is 42.6 Å². The highest BCUT2D eigenvalue weighted by atomic mass is 32.1. The number of quaternary nitrogens is 1. The number of benzene rings is 1. The SMILES string of the molecule is C[C@H](NC(=O)C[NH+]1CCN(c2ccc(F)cc2)CC1)c1cccs1. The van der Waals surface area contributed by atoms with Crippen molar-refractivity contribution in [1.82, 2.24) is 5.32 Å². The van der Waals surface area contributed by atoms with Gasteiger partial charge in [0.1, 0.15) is 5.82 Å². The number of carbonyl (C=O) groups excluding carboxylic acids is 1. The smallest absolute Gasteiger partial charge is 0.275 e. The van der Waals surface area contributed by atoms with Crippen LogP contribution in [0.25, 0.3) is 0 Å². The molecule has 0 radical (unpaired) electrons. The predicted octanol–water partition coefficient (Wildman–Crippen LogP) is 1.47. The van der Waals surface area contributed by atoms with Crippen LogP contribution in [0, 0.1) is 5.82 Å². The quantitative estimate of drug-likeness (QED) is 0.859. The van der Waals surface area contributed by atoms with Crippen molar-refractivity contribution in [3.63, 3.8) is 0 Å². The van der Waals surface area contributed by atoms with Crippen LogP contribution in [0.1, 0.15) is 17.8 Å². The van der Waals surface area contributed by atoms with Crippen LogP contribution in [-0.2, 0) is 4.79 Å². The number of anilines is 1. The molecule has 1 aliphatic rings. The van der Waals surface area contributed by atoms with Crippen molar-refractivity contribution in [3.05, 3.63) is 52.5 Å². The Bertz CT molecular complexity index is 651. The Kier molecular flexibility index (Phi) is 5.48. The zero-order valence-corrected chi connectivity index (χ0v) is 14.6. The maximum atomic E-state index is 13.0. The van der Waals surface area contributed by atoms with Crippen LogP contribution in [0.4, 0.5) is 10.1 Å². The second kappa shape index (κ2) is 7.77. The largest absolute Gasteiger partial charge is 0.360 e. The molecule has 1 aromatic heterocycles. The minimum Gasteiger partial charge on any atom is -0.360 e. The van der Waals surface area contributed by atoms with Crippen LogP contribution in [0.15, 0.2) is 41.8 Å². The first-order chi connectivity index (χ1) is 11.6. The molecule has 2 N–H and O–H groups in total. The van der Waals surface area contributed by atoms with Crippen molar-refractivity contribution in [3.8, 4) is 0 Å². The third kappa shape index (κ3) is 4.33. The van der Waals surface area contributed by atoms with Gasteiger partial charge in [-0.15, -0.1) is 11.3 Å². The maximum absolute atomic E-state index is 13.0. The zero-order chi connectivity index (χ0) is 16.9. The van der Waals surface area contributed by atoms with Crippen LogP contribution in [0.3, 0.4) is 0 Å². The van der Waals surface area contributed by atoms with Gasteiger partial charge >= 0.3 is 0 Å². The van der Waals surface area contributed by atoms with E-state index in [0.717, 1.165) is 31.9 Å². The molecule has 128 valence electrons. The van der Waals surface area contributed by atoms with Crippen LogP contribution in [0.5, 0.6) is 0 Å². The normalized spacial score (nSPS) is 16.8. The summed E-state index contributed by atoms with van der Waals surface area (Å²) in [6.45, 7) is 6.12. The highest BCUT2D eigenvalue weighted by Crippen LogP contribution is 2.17. The van der Waals surface area contributed by atoms with Crippen molar-refractivity contribution >= 4 is 22.9 Å². The fraction of sp³-hybridized carbons (Fsp3) is 0.389. The molecule has 4 nitrogen and oxygen atoms in total. The summed E-state index contributed by atoms with van der Waals surface area (Å²) in [7, 11) is 0. The Hall–Kier alpha value is -1.92. The maximum Gasteiger partial charge on any atom is 0.275 e. The molecule has 0 aliphatic carbocycles. The lowest BCUT2D eigenvalue weighted by Gasteiger charge is -2.33. The number of piperazine rings is 1. The molecule has 0 unspecified atom stereocenters. The summed E-state index contributed by atoms with van der Waals surface area (Å²) in [4.78, 5) is 16.9. The van der Waals surface area contributed by atoms with E-state index in [4.69, 9.17) is 0 Å². The number of rotatable bonds is 5. The fourth-order valence-corrected chi connectivity index (χ4v) is 3.77. The number of carbonyl (C=O) groups is 1. The standard InChI is InChI=1S/C18H22FN3OS/c1-14(17-3-2-12-24-17)20-18(23)13-21-8-10-22(11-9-21)16-6-4-15(19)5-7-16/h2-7,12,14H,8-11,13H2,1H3,(H,20,23)/p+1/t14-/m0/s1. The monoisotopic (exact) mass is 348 g/mol. The molecule has 1 atom stereocenters. The summed E-state index contributed by atoms with van der Waals surface area (Å²) in [5, 5.41) is 5.10. The van der Waals surface area contributed by atoms with E-state index in [1.807, 2.05) is 36.6 Å². The highest BCUT2D eigenvalue weighted by molar-refractivity contribution is 7.10. The Labute approximate surface area is 145 Å². The molecule has 1 fully saturated rings. The minimum atomic E-state index is -0.209. The van der Waals surface area contributed by atoms with E-state index in [9.17, 15) is 9.18 Å². The lowest BCUT2D eigenvalue weighted by Crippen LogP contribution is -3.15. The molecule has 3 rings (SSSR count). The van der Waals surface area contributed by atoms with Crippen LogP contribution < -0.4 is 15.1 Å². The number of hydrogen-bond donors (Lipinski definition) is 2. The zero-order valence-electron chi connectivity index (χ0n) is 13.8. The second-order valence-electron chi connectivity index (χ2n) is 6.19. The first-order valence-electron chi connectivity index (χ1n) is 8.28. The van der Waals surface area contributed by atoms with Crippen molar-refractivity contribution in [2.45, 2.75) is 13.0 Å². The fourth-order valence-electron chi connectivity index (χ4n) is 3.04. The number of amides is 1. The Morgan fingerprint density at radius 3 is 2.62 bits per heavy atom. The van der Waals surface area contributed by atoms with Crippen LogP contribution in [-0.4, -0.2) is 38.6 Å². The van der Waals surface area contributed by atoms with Crippen molar-refractivity contribution in [2.24, 2.45) is 0 Å². The Morgan fingerprint density at radius 1 is 1.29 bits per heavy atom. The second-order valence-corrected chi connectivity index (χ2v) is 7.17. The Morgan fingerprint density at radius 2 is 2.00 bits per heavy atom. The van der Waals surface area contributed by atoms with Gasteiger partial charge in [0, 0.05) is 10.6 Å². The van der Waals surface area contributed by atoms with Gasteiger partial charge in [-0.3, -0.25) is 4.79 Å². The molecule has 0 spiro atoms. The van der Waals surface area contributed by atoms with Crippen molar-refractivity contribution in [1.29, 1.82) is 0 Å². The molecule has 2 heterocycles. The van der Waals surface area contributed by atoms with Crippen molar-refractivity contribution < 1.29 is 14.1 Å². The summed E-state index contributed by atoms with van der Waals surface area (Å²) in [5.74, 6) is -0.110. The number of thiophene rings is 1. The first kappa shape index (κ1) is 16.9. The molecule has 1 aromatic carbocycles. The van der Waals surface area contributed by atoms with Crippen LogP contribution >= 0.6 is 11.3 Å². The van der Waals surface area contributed by atoms with Gasteiger partial charge in [0.25, 0.3) is 5.91 Å². The van der Waals surface area contributed by atoms with E-state index in [2.05, 4.69) is 10.2 Å². The van der Waals surface area contributed by atoms with E-state index in [-0.39, 0.29) is 17.8 Å².